The fourth-order valence-electron chi connectivity index (χ4n) is 2.30. The molecule has 0 aliphatic carbocycles. The van der Waals surface area contributed by atoms with E-state index in [9.17, 15) is 14.7 Å². The van der Waals surface area contributed by atoms with E-state index in [1.807, 2.05) is 0 Å². The number of likely N-dealkylation sites (tertiary alicyclic amines) is 1. The van der Waals surface area contributed by atoms with Gasteiger partial charge in [-0.3, -0.25) is 9.59 Å². The van der Waals surface area contributed by atoms with Crippen LogP contribution in [0.3, 0.4) is 0 Å². The number of aromatic hydroxyl groups is 1. The molecule has 2 N–H and O–H groups in total. The zero-order valence-corrected chi connectivity index (χ0v) is 12.8. The van der Waals surface area contributed by atoms with Gasteiger partial charge in [0.2, 0.25) is 5.91 Å². The van der Waals surface area contributed by atoms with E-state index in [1.165, 1.54) is 6.07 Å². The van der Waals surface area contributed by atoms with Gasteiger partial charge in [-0.15, -0.1) is 0 Å². The smallest absolute Gasteiger partial charge is 0.255 e. The van der Waals surface area contributed by atoms with Gasteiger partial charge in [0.1, 0.15) is 5.75 Å². The lowest BCUT2D eigenvalue weighted by atomic mass is 10.0. The number of hydrogen-bond donors (Lipinski definition) is 2. The molecular weight excluding hydrogens is 324 g/mol. The van der Waals surface area contributed by atoms with Crippen molar-refractivity contribution >= 4 is 27.7 Å². The molecule has 0 aromatic heterocycles. The number of nitrogens with zero attached hydrogens (tertiary/aromatic N) is 1. The van der Waals surface area contributed by atoms with Crippen LogP contribution in [-0.4, -0.2) is 41.0 Å². The molecular formula is C14H17BrN2O3. The first-order valence-corrected chi connectivity index (χ1v) is 7.31. The van der Waals surface area contributed by atoms with Gasteiger partial charge in [-0.05, 0) is 31.0 Å². The number of carbonyl (C=O) groups is 2. The topological polar surface area (TPSA) is 69.6 Å². The quantitative estimate of drug-likeness (QED) is 0.863. The van der Waals surface area contributed by atoms with Gasteiger partial charge in [0.15, 0.2) is 0 Å². The van der Waals surface area contributed by atoms with Gasteiger partial charge < -0.3 is 15.3 Å². The zero-order chi connectivity index (χ0) is 14.7. The van der Waals surface area contributed by atoms with E-state index in [4.69, 9.17) is 0 Å². The molecule has 0 radical (unpaired) electrons. The number of phenolic OH excluding ortho intramolecular Hbond substituents is 1. The summed E-state index contributed by atoms with van der Waals surface area (Å²) in [5.41, 5.74) is 0.266. The minimum Gasteiger partial charge on any atom is -0.507 e. The third kappa shape index (κ3) is 3.50. The number of phenols is 1. The van der Waals surface area contributed by atoms with E-state index in [-0.39, 0.29) is 29.2 Å². The fraction of sp³-hybridized carbons (Fsp3) is 0.429. The second-order valence-electron chi connectivity index (χ2n) is 4.92. The summed E-state index contributed by atoms with van der Waals surface area (Å²) in [6, 6.07) is 4.83. The molecule has 1 heterocycles. The highest BCUT2D eigenvalue weighted by atomic mass is 79.9. The van der Waals surface area contributed by atoms with Gasteiger partial charge in [-0.2, -0.15) is 0 Å². The average molecular weight is 341 g/mol. The Morgan fingerprint density at radius 1 is 1.35 bits per heavy atom. The molecule has 1 fully saturated rings. The Labute approximate surface area is 126 Å². The molecule has 2 amide bonds. The molecule has 2 rings (SSSR count). The maximum atomic E-state index is 12.1. The average Bonchev–Trinajstić information content (AvgIpc) is 2.39. The first-order valence-electron chi connectivity index (χ1n) is 6.52. The van der Waals surface area contributed by atoms with Crippen molar-refractivity contribution in [1.29, 1.82) is 0 Å². The fourth-order valence-corrected chi connectivity index (χ4v) is 2.65. The van der Waals surface area contributed by atoms with Crippen LogP contribution in [0, 0.1) is 0 Å². The van der Waals surface area contributed by atoms with Crippen molar-refractivity contribution in [3.63, 3.8) is 0 Å². The summed E-state index contributed by atoms with van der Waals surface area (Å²) in [7, 11) is 0. The number of rotatable bonds is 2. The summed E-state index contributed by atoms with van der Waals surface area (Å²) in [6.45, 7) is 2.87. The molecule has 1 aromatic rings. The van der Waals surface area contributed by atoms with Crippen molar-refractivity contribution in [3.05, 3.63) is 28.2 Å². The SMILES string of the molecule is CC(=O)N1CCC(NC(=O)c2ccc(Br)cc2O)CC1. The third-order valence-corrected chi connectivity index (χ3v) is 3.97. The van der Waals surface area contributed by atoms with Crippen LogP contribution in [0.5, 0.6) is 5.75 Å². The first-order chi connectivity index (χ1) is 9.47. The van der Waals surface area contributed by atoms with Crippen LogP contribution in [0.1, 0.15) is 30.1 Å². The maximum absolute atomic E-state index is 12.1. The largest absolute Gasteiger partial charge is 0.507 e. The lowest BCUT2D eigenvalue weighted by molar-refractivity contribution is -0.129. The van der Waals surface area contributed by atoms with Gasteiger partial charge in [0, 0.05) is 30.5 Å². The molecule has 108 valence electrons. The highest BCUT2D eigenvalue weighted by molar-refractivity contribution is 9.10. The molecule has 20 heavy (non-hydrogen) atoms. The Balaban J connectivity index is 1.94. The monoisotopic (exact) mass is 340 g/mol. The van der Waals surface area contributed by atoms with Gasteiger partial charge in [-0.1, -0.05) is 15.9 Å². The Kier molecular flexibility index (Phi) is 4.65. The lowest BCUT2D eigenvalue weighted by Crippen LogP contribution is -2.46. The Bertz CT molecular complexity index is 525. The van der Waals surface area contributed by atoms with Crippen LogP contribution in [0.15, 0.2) is 22.7 Å². The van der Waals surface area contributed by atoms with Gasteiger partial charge >= 0.3 is 0 Å². The minimum atomic E-state index is -0.281. The lowest BCUT2D eigenvalue weighted by Gasteiger charge is -2.31. The molecule has 6 heteroatoms. The number of hydrogen-bond acceptors (Lipinski definition) is 3. The molecule has 1 saturated heterocycles. The standard InChI is InChI=1S/C14H17BrN2O3/c1-9(18)17-6-4-11(5-7-17)16-14(20)12-3-2-10(15)8-13(12)19/h2-3,8,11,19H,4-7H2,1H3,(H,16,20). The Morgan fingerprint density at radius 2 is 2.00 bits per heavy atom. The second-order valence-corrected chi connectivity index (χ2v) is 5.83. The van der Waals surface area contributed by atoms with E-state index < -0.39 is 0 Å². The molecule has 1 aromatic carbocycles. The summed E-state index contributed by atoms with van der Waals surface area (Å²) in [5.74, 6) is -0.255. The molecule has 0 saturated carbocycles. The molecule has 0 atom stereocenters. The van der Waals surface area contributed by atoms with Crippen molar-refractivity contribution < 1.29 is 14.7 Å². The maximum Gasteiger partial charge on any atom is 0.255 e. The van der Waals surface area contributed by atoms with E-state index in [0.29, 0.717) is 13.1 Å². The van der Waals surface area contributed by atoms with Crippen LogP contribution < -0.4 is 5.32 Å². The van der Waals surface area contributed by atoms with Gasteiger partial charge in [0.05, 0.1) is 5.56 Å². The van der Waals surface area contributed by atoms with Gasteiger partial charge in [-0.25, -0.2) is 0 Å². The third-order valence-electron chi connectivity index (χ3n) is 3.48. The summed E-state index contributed by atoms with van der Waals surface area (Å²) >= 11 is 3.23. The molecule has 0 unspecified atom stereocenters. The van der Waals surface area contributed by atoms with Crippen molar-refractivity contribution in [2.24, 2.45) is 0 Å². The summed E-state index contributed by atoms with van der Waals surface area (Å²) in [6.07, 6.45) is 1.48. The highest BCUT2D eigenvalue weighted by Gasteiger charge is 2.23. The van der Waals surface area contributed by atoms with Crippen molar-refractivity contribution in [2.45, 2.75) is 25.8 Å². The predicted molar refractivity (Wildman–Crippen MR) is 78.5 cm³/mol. The summed E-state index contributed by atoms with van der Waals surface area (Å²) in [5, 5.41) is 12.7. The number of carbonyl (C=O) groups excluding carboxylic acids is 2. The van der Waals surface area contributed by atoms with Crippen molar-refractivity contribution in [3.8, 4) is 5.75 Å². The second kappa shape index (κ2) is 6.26. The zero-order valence-electron chi connectivity index (χ0n) is 11.2. The number of halogens is 1. The van der Waals surface area contributed by atoms with E-state index in [2.05, 4.69) is 21.2 Å². The summed E-state index contributed by atoms with van der Waals surface area (Å²) < 4.78 is 0.723. The molecule has 5 nitrogen and oxygen atoms in total. The first kappa shape index (κ1) is 14.8. The van der Waals surface area contributed by atoms with Gasteiger partial charge in [0.25, 0.3) is 5.91 Å². The van der Waals surface area contributed by atoms with E-state index in [1.54, 1.807) is 24.0 Å². The summed E-state index contributed by atoms with van der Waals surface area (Å²) in [4.78, 5) is 25.1. The van der Waals surface area contributed by atoms with Crippen molar-refractivity contribution in [1.82, 2.24) is 10.2 Å². The molecule has 1 aliphatic heterocycles. The molecule has 0 spiro atoms. The number of piperidine rings is 1. The Hall–Kier alpha value is -1.56. The van der Waals surface area contributed by atoms with Crippen LogP contribution in [-0.2, 0) is 4.79 Å². The number of nitrogens with one attached hydrogen (secondary N) is 1. The molecule has 1 aliphatic rings. The highest BCUT2D eigenvalue weighted by Crippen LogP contribution is 2.22. The Morgan fingerprint density at radius 3 is 2.55 bits per heavy atom. The normalized spacial score (nSPS) is 16.0. The van der Waals surface area contributed by atoms with E-state index >= 15 is 0 Å². The van der Waals surface area contributed by atoms with Crippen LogP contribution in [0.2, 0.25) is 0 Å². The minimum absolute atomic E-state index is 0.0427. The molecule has 0 bridgehead atoms. The number of amides is 2. The van der Waals surface area contributed by atoms with E-state index in [0.717, 1.165) is 17.3 Å². The predicted octanol–water partition coefficient (Wildman–Crippen LogP) is 1.90. The van der Waals surface area contributed by atoms with Crippen LogP contribution in [0.25, 0.3) is 0 Å². The van der Waals surface area contributed by atoms with Crippen LogP contribution in [0.4, 0.5) is 0 Å². The number of benzene rings is 1. The van der Waals surface area contributed by atoms with Crippen molar-refractivity contribution in [2.75, 3.05) is 13.1 Å². The van der Waals surface area contributed by atoms with Crippen LogP contribution >= 0.6 is 15.9 Å².